The monoisotopic (exact) mass is 415 g/mol. The maximum absolute atomic E-state index is 13.9. The van der Waals surface area contributed by atoms with Crippen LogP contribution in [0.15, 0.2) is 42.5 Å². The number of ether oxygens (including phenoxy) is 2. The molecule has 0 bridgehead atoms. The van der Waals surface area contributed by atoms with Crippen molar-refractivity contribution in [3.05, 3.63) is 53.8 Å². The van der Waals surface area contributed by atoms with E-state index in [9.17, 15) is 9.18 Å². The van der Waals surface area contributed by atoms with E-state index in [0.717, 1.165) is 5.69 Å². The van der Waals surface area contributed by atoms with Gasteiger partial charge >= 0.3 is 0 Å². The molecule has 2 aliphatic rings. The largest absolute Gasteiger partial charge is 0.476 e. The van der Waals surface area contributed by atoms with E-state index in [0.29, 0.717) is 48.4 Å². The van der Waals surface area contributed by atoms with Crippen LogP contribution in [0.4, 0.5) is 15.8 Å². The molecule has 0 aromatic heterocycles. The molecule has 8 heteroatoms. The predicted octanol–water partition coefficient (Wildman–Crippen LogP) is 2.96. The first-order chi connectivity index (χ1) is 14.0. The number of anilines is 2. The number of benzene rings is 2. The molecule has 1 N–H and O–H groups in total. The molecular weight excluding hydrogens is 393 g/mol. The third kappa shape index (κ3) is 4.18. The average molecular weight is 415 g/mol. The number of amides is 1. The molecular formula is C21H22FN3O3S. The molecule has 0 aliphatic carbocycles. The number of hydrogen-bond acceptors (Lipinski definition) is 4. The number of nitrogens with one attached hydrogen (secondary N) is 1. The SMILES string of the molecule is Cc1ccc(NC(=S)N2C[C@@H](C(=O)N3CCOCC3)Oc3ccccc32)cc1F. The Balaban J connectivity index is 1.56. The van der Waals surface area contributed by atoms with Gasteiger partial charge in [0.2, 0.25) is 0 Å². The average Bonchev–Trinajstić information content (AvgIpc) is 2.75. The van der Waals surface area contributed by atoms with Crippen LogP contribution in [0.1, 0.15) is 5.56 Å². The number of halogens is 1. The van der Waals surface area contributed by atoms with E-state index in [1.165, 1.54) is 6.07 Å². The molecule has 4 rings (SSSR count). The third-order valence-corrected chi connectivity index (χ3v) is 5.36. The van der Waals surface area contributed by atoms with Crippen LogP contribution in [0.2, 0.25) is 0 Å². The summed E-state index contributed by atoms with van der Waals surface area (Å²) in [5.74, 6) is 0.196. The lowest BCUT2D eigenvalue weighted by molar-refractivity contribution is -0.142. The number of thiocarbonyl (C=S) groups is 1. The number of para-hydroxylation sites is 2. The Morgan fingerprint density at radius 2 is 1.97 bits per heavy atom. The summed E-state index contributed by atoms with van der Waals surface area (Å²) in [5.41, 5.74) is 1.89. The Morgan fingerprint density at radius 1 is 1.21 bits per heavy atom. The summed E-state index contributed by atoms with van der Waals surface area (Å²) in [7, 11) is 0. The molecule has 2 aromatic rings. The lowest BCUT2D eigenvalue weighted by Gasteiger charge is -2.38. The Labute approximate surface area is 174 Å². The smallest absolute Gasteiger partial charge is 0.265 e. The molecule has 0 radical (unpaired) electrons. The van der Waals surface area contributed by atoms with Gasteiger partial charge in [0, 0.05) is 18.8 Å². The second-order valence-electron chi connectivity index (χ2n) is 7.02. The molecule has 0 saturated carbocycles. The van der Waals surface area contributed by atoms with Crippen LogP contribution in [-0.4, -0.2) is 54.9 Å². The number of morpholine rings is 1. The summed E-state index contributed by atoms with van der Waals surface area (Å²) >= 11 is 5.60. The number of carbonyl (C=O) groups is 1. The molecule has 2 heterocycles. The molecule has 1 amide bonds. The van der Waals surface area contributed by atoms with E-state index >= 15 is 0 Å². The first-order valence-electron chi connectivity index (χ1n) is 9.50. The van der Waals surface area contributed by atoms with Gasteiger partial charge in [0.15, 0.2) is 11.2 Å². The standard InChI is InChI=1S/C21H22FN3O3S/c1-14-6-7-15(12-16(14)22)23-21(29)25-13-19(20(26)24-8-10-27-11-9-24)28-18-5-3-2-4-17(18)25/h2-7,12,19H,8-11,13H2,1H3,(H,23,29)/t19-/m0/s1. The van der Waals surface area contributed by atoms with Gasteiger partial charge in [0.1, 0.15) is 11.6 Å². The van der Waals surface area contributed by atoms with Crippen molar-refractivity contribution in [1.29, 1.82) is 0 Å². The lowest BCUT2D eigenvalue weighted by Crippen LogP contribution is -2.54. The van der Waals surface area contributed by atoms with Crippen LogP contribution >= 0.6 is 12.2 Å². The van der Waals surface area contributed by atoms with Gasteiger partial charge in [-0.25, -0.2) is 4.39 Å². The molecule has 1 saturated heterocycles. The Hall–Kier alpha value is -2.71. The Kier molecular flexibility index (Phi) is 5.64. The van der Waals surface area contributed by atoms with Gasteiger partial charge in [-0.2, -0.15) is 0 Å². The quantitative estimate of drug-likeness (QED) is 0.762. The zero-order chi connectivity index (χ0) is 20.4. The number of fused-ring (bicyclic) bond motifs is 1. The lowest BCUT2D eigenvalue weighted by atomic mass is 10.1. The van der Waals surface area contributed by atoms with Crippen molar-refractivity contribution < 1.29 is 18.7 Å². The minimum atomic E-state index is -0.683. The van der Waals surface area contributed by atoms with Gasteiger partial charge in [-0.3, -0.25) is 4.79 Å². The minimum absolute atomic E-state index is 0.0861. The number of hydrogen-bond donors (Lipinski definition) is 1. The van der Waals surface area contributed by atoms with Gasteiger partial charge < -0.3 is 24.6 Å². The molecule has 29 heavy (non-hydrogen) atoms. The zero-order valence-corrected chi connectivity index (χ0v) is 16.9. The molecule has 152 valence electrons. The van der Waals surface area contributed by atoms with E-state index in [1.807, 2.05) is 29.2 Å². The maximum Gasteiger partial charge on any atom is 0.265 e. The summed E-state index contributed by atoms with van der Waals surface area (Å²) in [4.78, 5) is 16.6. The van der Waals surface area contributed by atoms with Crippen molar-refractivity contribution in [1.82, 2.24) is 4.90 Å². The van der Waals surface area contributed by atoms with E-state index < -0.39 is 6.10 Å². The molecule has 6 nitrogen and oxygen atoms in total. The summed E-state index contributed by atoms with van der Waals surface area (Å²) in [5, 5.41) is 3.46. The summed E-state index contributed by atoms with van der Waals surface area (Å²) in [6, 6.07) is 12.3. The topological polar surface area (TPSA) is 54.0 Å². The van der Waals surface area contributed by atoms with Crippen LogP contribution in [0.25, 0.3) is 0 Å². The molecule has 0 spiro atoms. The zero-order valence-electron chi connectivity index (χ0n) is 16.1. The number of aryl methyl sites for hydroxylation is 1. The molecule has 1 atom stereocenters. The van der Waals surface area contributed by atoms with Crippen molar-refractivity contribution in [2.45, 2.75) is 13.0 Å². The Morgan fingerprint density at radius 3 is 2.72 bits per heavy atom. The normalized spacial score (nSPS) is 18.6. The molecule has 1 fully saturated rings. The fourth-order valence-electron chi connectivity index (χ4n) is 3.40. The fourth-order valence-corrected chi connectivity index (χ4v) is 3.70. The first-order valence-corrected chi connectivity index (χ1v) is 9.90. The highest BCUT2D eigenvalue weighted by Crippen LogP contribution is 2.34. The van der Waals surface area contributed by atoms with Crippen LogP contribution in [-0.2, 0) is 9.53 Å². The Bertz CT molecular complexity index is 933. The third-order valence-electron chi connectivity index (χ3n) is 5.04. The summed E-state index contributed by atoms with van der Waals surface area (Å²) in [6.07, 6.45) is -0.683. The summed E-state index contributed by atoms with van der Waals surface area (Å²) < 4.78 is 25.2. The number of rotatable bonds is 2. The molecule has 2 aliphatic heterocycles. The maximum atomic E-state index is 13.9. The highest BCUT2D eigenvalue weighted by atomic mass is 32.1. The van der Waals surface area contributed by atoms with Crippen molar-refractivity contribution in [2.24, 2.45) is 0 Å². The molecule has 0 unspecified atom stereocenters. The van der Waals surface area contributed by atoms with Crippen LogP contribution < -0.4 is 15.0 Å². The first kappa shape index (κ1) is 19.6. The highest BCUT2D eigenvalue weighted by Gasteiger charge is 2.35. The van der Waals surface area contributed by atoms with Crippen molar-refractivity contribution >= 4 is 34.6 Å². The van der Waals surface area contributed by atoms with Crippen molar-refractivity contribution in [2.75, 3.05) is 43.1 Å². The van der Waals surface area contributed by atoms with Crippen molar-refractivity contribution in [3.8, 4) is 5.75 Å². The van der Waals surface area contributed by atoms with E-state index in [2.05, 4.69) is 5.32 Å². The predicted molar refractivity (Wildman–Crippen MR) is 113 cm³/mol. The van der Waals surface area contributed by atoms with Crippen LogP contribution in [0, 0.1) is 12.7 Å². The van der Waals surface area contributed by atoms with Gasteiger partial charge in [-0.15, -0.1) is 0 Å². The molecule has 2 aromatic carbocycles. The second-order valence-corrected chi connectivity index (χ2v) is 7.40. The highest BCUT2D eigenvalue weighted by molar-refractivity contribution is 7.80. The van der Waals surface area contributed by atoms with Gasteiger partial charge in [0.25, 0.3) is 5.91 Å². The van der Waals surface area contributed by atoms with Gasteiger partial charge in [-0.05, 0) is 49.0 Å². The van der Waals surface area contributed by atoms with E-state index in [4.69, 9.17) is 21.7 Å². The van der Waals surface area contributed by atoms with E-state index in [-0.39, 0.29) is 18.3 Å². The number of nitrogens with zero attached hydrogens (tertiary/aromatic N) is 2. The second kappa shape index (κ2) is 8.34. The minimum Gasteiger partial charge on any atom is -0.476 e. The summed E-state index contributed by atoms with van der Waals surface area (Å²) in [6.45, 7) is 4.12. The van der Waals surface area contributed by atoms with E-state index in [1.54, 1.807) is 24.0 Å². The van der Waals surface area contributed by atoms with Crippen molar-refractivity contribution in [3.63, 3.8) is 0 Å². The van der Waals surface area contributed by atoms with Crippen LogP contribution in [0.3, 0.4) is 0 Å². The fraction of sp³-hybridized carbons (Fsp3) is 0.333. The van der Waals surface area contributed by atoms with Crippen LogP contribution in [0.5, 0.6) is 5.75 Å². The van der Waals surface area contributed by atoms with Gasteiger partial charge in [-0.1, -0.05) is 18.2 Å². The number of carbonyl (C=O) groups excluding carboxylic acids is 1. The van der Waals surface area contributed by atoms with Gasteiger partial charge in [0.05, 0.1) is 25.4 Å².